The molecule has 2 N–H and O–H groups in total. The number of hydrogen-bond acceptors (Lipinski definition) is 5. The van der Waals surface area contributed by atoms with Crippen molar-refractivity contribution in [2.75, 3.05) is 11.9 Å². The summed E-state index contributed by atoms with van der Waals surface area (Å²) in [5, 5.41) is 14.8. The SMILES string of the molecule is Cc1nc(CCNc2c(F)cc(C(=O)O)cc2F)no1. The highest BCUT2D eigenvalue weighted by molar-refractivity contribution is 5.88. The summed E-state index contributed by atoms with van der Waals surface area (Å²) < 4.78 is 31.9. The lowest BCUT2D eigenvalue weighted by Gasteiger charge is -2.08. The fraction of sp³-hybridized carbons (Fsp3) is 0.250. The molecule has 2 rings (SSSR count). The molecule has 0 amide bonds. The summed E-state index contributed by atoms with van der Waals surface area (Å²) in [5.41, 5.74) is -0.824. The van der Waals surface area contributed by atoms with Gasteiger partial charge in [0.05, 0.1) is 5.56 Å². The maximum absolute atomic E-state index is 13.6. The van der Waals surface area contributed by atoms with Crippen LogP contribution in [0.15, 0.2) is 16.7 Å². The summed E-state index contributed by atoms with van der Waals surface area (Å²) in [5.74, 6) is -2.50. The number of hydrogen-bond donors (Lipinski definition) is 2. The second kappa shape index (κ2) is 5.64. The number of nitrogens with one attached hydrogen (secondary N) is 1. The molecule has 0 atom stereocenters. The van der Waals surface area contributed by atoms with Crippen LogP contribution in [0.5, 0.6) is 0 Å². The minimum atomic E-state index is -1.39. The van der Waals surface area contributed by atoms with E-state index in [9.17, 15) is 13.6 Å². The van der Waals surface area contributed by atoms with Crippen LogP contribution in [0.2, 0.25) is 0 Å². The highest BCUT2D eigenvalue weighted by Gasteiger charge is 2.14. The van der Waals surface area contributed by atoms with E-state index in [1.54, 1.807) is 6.92 Å². The third-order valence-corrected chi connectivity index (χ3v) is 2.51. The number of carboxylic acid groups (broad SMARTS) is 1. The topological polar surface area (TPSA) is 88.2 Å². The fourth-order valence-electron chi connectivity index (χ4n) is 1.61. The van der Waals surface area contributed by atoms with Crippen molar-refractivity contribution in [3.05, 3.63) is 41.0 Å². The first-order valence-corrected chi connectivity index (χ1v) is 5.73. The molecule has 2 aromatic rings. The molecule has 0 spiro atoms. The number of rotatable bonds is 5. The molecule has 0 aliphatic heterocycles. The molecule has 1 aromatic carbocycles. The van der Waals surface area contributed by atoms with Gasteiger partial charge >= 0.3 is 5.97 Å². The van der Waals surface area contributed by atoms with Crippen molar-refractivity contribution in [1.29, 1.82) is 0 Å². The Labute approximate surface area is 112 Å². The van der Waals surface area contributed by atoms with Gasteiger partial charge in [-0.15, -0.1) is 0 Å². The summed E-state index contributed by atoms with van der Waals surface area (Å²) in [6.45, 7) is 1.81. The van der Waals surface area contributed by atoms with Crippen LogP contribution < -0.4 is 5.32 Å². The minimum Gasteiger partial charge on any atom is -0.478 e. The van der Waals surface area contributed by atoms with Crippen molar-refractivity contribution in [2.24, 2.45) is 0 Å². The molecular formula is C12H11F2N3O3. The first-order valence-electron chi connectivity index (χ1n) is 5.73. The number of aromatic nitrogens is 2. The molecule has 20 heavy (non-hydrogen) atoms. The Morgan fingerprint density at radius 1 is 1.40 bits per heavy atom. The van der Waals surface area contributed by atoms with Gasteiger partial charge in [0.15, 0.2) is 5.82 Å². The van der Waals surface area contributed by atoms with Crippen LogP contribution >= 0.6 is 0 Å². The van der Waals surface area contributed by atoms with Gasteiger partial charge in [0.25, 0.3) is 0 Å². The number of halogens is 2. The van der Waals surface area contributed by atoms with E-state index in [0.717, 1.165) is 12.1 Å². The predicted molar refractivity (Wildman–Crippen MR) is 64.5 cm³/mol. The monoisotopic (exact) mass is 283 g/mol. The smallest absolute Gasteiger partial charge is 0.335 e. The van der Waals surface area contributed by atoms with Gasteiger partial charge in [-0.05, 0) is 12.1 Å². The summed E-state index contributed by atoms with van der Waals surface area (Å²) >= 11 is 0. The molecule has 0 aliphatic carbocycles. The molecule has 6 nitrogen and oxygen atoms in total. The predicted octanol–water partition coefficient (Wildman–Crippen LogP) is 2.01. The lowest BCUT2D eigenvalue weighted by molar-refractivity contribution is 0.0696. The van der Waals surface area contributed by atoms with Gasteiger partial charge in [-0.3, -0.25) is 0 Å². The van der Waals surface area contributed by atoms with Crippen LogP contribution in [-0.2, 0) is 6.42 Å². The zero-order valence-corrected chi connectivity index (χ0v) is 10.5. The van der Waals surface area contributed by atoms with E-state index in [4.69, 9.17) is 9.63 Å². The minimum absolute atomic E-state index is 0.180. The average molecular weight is 283 g/mol. The van der Waals surface area contributed by atoms with Gasteiger partial charge in [-0.25, -0.2) is 13.6 Å². The maximum atomic E-state index is 13.6. The Bertz CT molecular complexity index is 620. The van der Waals surface area contributed by atoms with Gasteiger partial charge < -0.3 is 14.9 Å². The number of nitrogens with zero attached hydrogens (tertiary/aromatic N) is 2. The second-order valence-corrected chi connectivity index (χ2v) is 4.03. The Kier molecular flexibility index (Phi) is 3.92. The Balaban J connectivity index is 2.04. The first-order chi connectivity index (χ1) is 9.47. The molecule has 0 saturated heterocycles. The molecule has 1 heterocycles. The standard InChI is InChI=1S/C12H11F2N3O3/c1-6-16-10(17-20-6)2-3-15-11-8(13)4-7(12(18)19)5-9(11)14/h4-5,15H,2-3H2,1H3,(H,18,19). The summed E-state index contributed by atoms with van der Waals surface area (Å²) in [6, 6.07) is 1.51. The summed E-state index contributed by atoms with van der Waals surface area (Å²) in [6.07, 6.45) is 0.316. The summed E-state index contributed by atoms with van der Waals surface area (Å²) in [4.78, 5) is 14.6. The first kappa shape index (κ1) is 13.9. The van der Waals surface area contributed by atoms with Crippen molar-refractivity contribution < 1.29 is 23.2 Å². The normalized spacial score (nSPS) is 10.6. The quantitative estimate of drug-likeness (QED) is 0.872. The largest absolute Gasteiger partial charge is 0.478 e. The van der Waals surface area contributed by atoms with Gasteiger partial charge in [0.2, 0.25) is 5.89 Å². The van der Waals surface area contributed by atoms with Crippen LogP contribution in [0, 0.1) is 18.6 Å². The van der Waals surface area contributed by atoms with Crippen LogP contribution in [0.3, 0.4) is 0 Å². The number of aryl methyl sites for hydroxylation is 1. The van der Waals surface area contributed by atoms with E-state index in [0.29, 0.717) is 18.1 Å². The highest BCUT2D eigenvalue weighted by Crippen LogP contribution is 2.20. The third-order valence-electron chi connectivity index (χ3n) is 2.51. The number of carboxylic acids is 1. The average Bonchev–Trinajstić information content (AvgIpc) is 2.78. The van der Waals surface area contributed by atoms with Crippen molar-refractivity contribution in [3.63, 3.8) is 0 Å². The molecule has 0 unspecified atom stereocenters. The molecule has 0 bridgehead atoms. The molecule has 0 fully saturated rings. The third kappa shape index (κ3) is 3.08. The Hall–Kier alpha value is -2.51. The van der Waals surface area contributed by atoms with Crippen molar-refractivity contribution in [1.82, 2.24) is 10.1 Å². The molecule has 8 heteroatoms. The van der Waals surface area contributed by atoms with E-state index < -0.39 is 23.2 Å². The lowest BCUT2D eigenvalue weighted by Crippen LogP contribution is -2.10. The van der Waals surface area contributed by atoms with Gasteiger partial charge in [-0.1, -0.05) is 5.16 Å². The molecule has 1 aromatic heterocycles. The van der Waals surface area contributed by atoms with Gasteiger partial charge in [0, 0.05) is 19.9 Å². The number of aromatic carboxylic acids is 1. The van der Waals surface area contributed by atoms with Crippen LogP contribution in [0.4, 0.5) is 14.5 Å². The second-order valence-electron chi connectivity index (χ2n) is 4.03. The van der Waals surface area contributed by atoms with E-state index in [2.05, 4.69) is 15.5 Å². The molecule has 0 saturated carbocycles. The number of carbonyl (C=O) groups is 1. The van der Waals surface area contributed by atoms with Crippen LogP contribution in [-0.4, -0.2) is 27.8 Å². The summed E-state index contributed by atoms with van der Waals surface area (Å²) in [7, 11) is 0. The Morgan fingerprint density at radius 3 is 2.55 bits per heavy atom. The zero-order valence-electron chi connectivity index (χ0n) is 10.5. The van der Waals surface area contributed by atoms with Gasteiger partial charge in [0.1, 0.15) is 17.3 Å². The number of anilines is 1. The van der Waals surface area contributed by atoms with E-state index in [1.807, 2.05) is 0 Å². The zero-order chi connectivity index (χ0) is 14.7. The van der Waals surface area contributed by atoms with Crippen molar-refractivity contribution >= 4 is 11.7 Å². The molecule has 0 radical (unpaired) electrons. The van der Waals surface area contributed by atoms with Gasteiger partial charge in [-0.2, -0.15) is 4.98 Å². The maximum Gasteiger partial charge on any atom is 0.335 e. The number of benzene rings is 1. The molecule has 0 aliphatic rings. The molecule has 106 valence electrons. The lowest BCUT2D eigenvalue weighted by atomic mass is 10.2. The van der Waals surface area contributed by atoms with Crippen LogP contribution in [0.1, 0.15) is 22.1 Å². The highest BCUT2D eigenvalue weighted by atomic mass is 19.1. The van der Waals surface area contributed by atoms with Crippen molar-refractivity contribution in [2.45, 2.75) is 13.3 Å². The fourth-order valence-corrected chi connectivity index (χ4v) is 1.61. The van der Waals surface area contributed by atoms with Crippen LogP contribution in [0.25, 0.3) is 0 Å². The van der Waals surface area contributed by atoms with E-state index in [-0.39, 0.29) is 12.2 Å². The van der Waals surface area contributed by atoms with Crippen molar-refractivity contribution in [3.8, 4) is 0 Å². The van der Waals surface area contributed by atoms with E-state index >= 15 is 0 Å². The Morgan fingerprint density at radius 2 is 2.05 bits per heavy atom. The van der Waals surface area contributed by atoms with E-state index in [1.165, 1.54) is 0 Å². The molecular weight excluding hydrogens is 272 g/mol.